The van der Waals surface area contributed by atoms with Gasteiger partial charge in [-0.2, -0.15) is 0 Å². The van der Waals surface area contributed by atoms with E-state index in [4.69, 9.17) is 6.42 Å². The van der Waals surface area contributed by atoms with Crippen molar-refractivity contribution in [3.05, 3.63) is 6.42 Å². The van der Waals surface area contributed by atoms with Crippen molar-refractivity contribution in [1.82, 2.24) is 0 Å². The third kappa shape index (κ3) is 4.89. The second kappa shape index (κ2) is 5.17. The summed E-state index contributed by atoms with van der Waals surface area (Å²) in [7, 11) is 1.36. The molecule has 0 saturated heterocycles. The number of ether oxygens (including phenoxy) is 1. The lowest BCUT2D eigenvalue weighted by molar-refractivity contribution is -0.140. The summed E-state index contributed by atoms with van der Waals surface area (Å²) in [4.78, 5) is 10.4. The Morgan fingerprint density at radius 3 is 2.89 bits per heavy atom. The lowest BCUT2D eigenvalue weighted by atomic mass is 10.2. The molecule has 0 unspecified atom stereocenters. The second-order valence-corrected chi connectivity index (χ2v) is 1.61. The van der Waals surface area contributed by atoms with Gasteiger partial charge in [-0.25, -0.2) is 0 Å². The van der Waals surface area contributed by atoms with Gasteiger partial charge < -0.3 is 4.74 Å². The first kappa shape index (κ1) is 8.03. The molecule has 9 heavy (non-hydrogen) atoms. The van der Waals surface area contributed by atoms with Gasteiger partial charge in [-0.15, -0.1) is 0 Å². The Bertz CT molecular complexity index is 121. The summed E-state index contributed by atoms with van der Waals surface area (Å²) in [6, 6.07) is 0. The van der Waals surface area contributed by atoms with Crippen molar-refractivity contribution in [2.45, 2.75) is 19.3 Å². The molecular weight excluding hydrogens is 116 g/mol. The van der Waals surface area contributed by atoms with E-state index in [1.165, 1.54) is 7.11 Å². The van der Waals surface area contributed by atoms with Gasteiger partial charge in [0, 0.05) is 12.8 Å². The molecule has 0 atom stereocenters. The minimum atomic E-state index is -0.217. The second-order valence-electron chi connectivity index (χ2n) is 1.61. The highest BCUT2D eigenvalue weighted by Crippen LogP contribution is 1.94. The molecule has 0 aromatic carbocycles. The van der Waals surface area contributed by atoms with Crippen LogP contribution in [0.15, 0.2) is 0 Å². The molecule has 0 N–H and O–H groups in total. The van der Waals surface area contributed by atoms with Gasteiger partial charge in [0.05, 0.1) is 7.11 Å². The SMILES string of the molecule is [C]#CCCCC(=O)OC. The van der Waals surface area contributed by atoms with Crippen molar-refractivity contribution >= 4 is 5.97 Å². The van der Waals surface area contributed by atoms with Crippen LogP contribution in [-0.2, 0) is 9.53 Å². The summed E-state index contributed by atoms with van der Waals surface area (Å²) in [5, 5.41) is 0. The monoisotopic (exact) mass is 125 g/mol. The molecule has 1 radical (unpaired) electrons. The number of methoxy groups -OCH3 is 1. The van der Waals surface area contributed by atoms with E-state index in [1.807, 2.05) is 0 Å². The summed E-state index contributed by atoms with van der Waals surface area (Å²) in [6.45, 7) is 0. The Morgan fingerprint density at radius 1 is 1.78 bits per heavy atom. The topological polar surface area (TPSA) is 26.3 Å². The van der Waals surface area contributed by atoms with Crippen molar-refractivity contribution in [3.63, 3.8) is 0 Å². The molecule has 0 aliphatic heterocycles. The minimum absolute atomic E-state index is 0.217. The third-order valence-corrected chi connectivity index (χ3v) is 0.910. The zero-order valence-corrected chi connectivity index (χ0v) is 5.44. The maximum atomic E-state index is 10.4. The van der Waals surface area contributed by atoms with Crippen molar-refractivity contribution in [2.75, 3.05) is 7.11 Å². The molecule has 0 heterocycles. The lowest BCUT2D eigenvalue weighted by Crippen LogP contribution is -1.98. The Balaban J connectivity index is 3.09. The first-order chi connectivity index (χ1) is 4.31. The highest BCUT2D eigenvalue weighted by atomic mass is 16.5. The first-order valence-electron chi connectivity index (χ1n) is 2.77. The molecule has 0 saturated carbocycles. The van der Waals surface area contributed by atoms with Crippen molar-refractivity contribution in [2.24, 2.45) is 0 Å². The van der Waals surface area contributed by atoms with Gasteiger partial charge in [-0.3, -0.25) is 4.79 Å². The van der Waals surface area contributed by atoms with Gasteiger partial charge >= 0.3 is 5.97 Å². The van der Waals surface area contributed by atoms with E-state index in [0.29, 0.717) is 19.3 Å². The Kier molecular flexibility index (Phi) is 4.61. The zero-order valence-electron chi connectivity index (χ0n) is 5.44. The van der Waals surface area contributed by atoms with E-state index < -0.39 is 0 Å². The largest absolute Gasteiger partial charge is 0.469 e. The number of hydrogen-bond acceptors (Lipinski definition) is 2. The minimum Gasteiger partial charge on any atom is -0.469 e. The summed E-state index contributed by atoms with van der Waals surface area (Å²) in [5.74, 6) is 1.97. The predicted molar refractivity (Wildman–Crippen MR) is 33.0 cm³/mol. The summed E-state index contributed by atoms with van der Waals surface area (Å²) < 4.78 is 4.37. The maximum absolute atomic E-state index is 10.4. The molecule has 49 valence electrons. The fourth-order valence-corrected chi connectivity index (χ4v) is 0.423. The van der Waals surface area contributed by atoms with Crippen molar-refractivity contribution in [3.8, 4) is 5.92 Å². The highest BCUT2D eigenvalue weighted by molar-refractivity contribution is 5.69. The molecule has 0 amide bonds. The standard InChI is InChI=1S/C7H9O2/c1-3-4-5-6-7(8)9-2/h4-6H2,2H3. The number of carbonyl (C=O) groups excluding carboxylic acids is 1. The lowest BCUT2D eigenvalue weighted by Gasteiger charge is -1.93. The van der Waals surface area contributed by atoms with Gasteiger partial charge in [-0.05, 0) is 12.8 Å². The number of rotatable bonds is 3. The number of unbranched alkanes of at least 4 members (excludes halogenated alkanes) is 1. The Morgan fingerprint density at radius 2 is 2.44 bits per heavy atom. The average molecular weight is 125 g/mol. The van der Waals surface area contributed by atoms with Crippen LogP contribution in [0.25, 0.3) is 0 Å². The molecule has 0 aliphatic carbocycles. The molecule has 0 bridgehead atoms. The van der Waals surface area contributed by atoms with Crippen LogP contribution >= 0.6 is 0 Å². The van der Waals surface area contributed by atoms with Crippen LogP contribution in [-0.4, -0.2) is 13.1 Å². The quantitative estimate of drug-likeness (QED) is 0.318. The van der Waals surface area contributed by atoms with Crippen LogP contribution in [0.5, 0.6) is 0 Å². The molecular formula is C7H9O2. The summed E-state index contributed by atoms with van der Waals surface area (Å²) >= 11 is 0. The average Bonchev–Trinajstić information content (AvgIpc) is 1.89. The molecule has 0 spiro atoms. The Labute approximate surface area is 55.2 Å². The van der Waals surface area contributed by atoms with Gasteiger partial charge in [0.2, 0.25) is 0 Å². The smallest absolute Gasteiger partial charge is 0.305 e. The molecule has 0 fully saturated rings. The molecule has 0 aromatic rings. The first-order valence-corrected chi connectivity index (χ1v) is 2.77. The fraction of sp³-hybridized carbons (Fsp3) is 0.571. The van der Waals surface area contributed by atoms with Crippen LogP contribution in [0.3, 0.4) is 0 Å². The van der Waals surface area contributed by atoms with E-state index in [2.05, 4.69) is 10.7 Å². The van der Waals surface area contributed by atoms with E-state index in [-0.39, 0.29) is 5.97 Å². The fourth-order valence-electron chi connectivity index (χ4n) is 0.423. The van der Waals surface area contributed by atoms with Crippen LogP contribution in [0.4, 0.5) is 0 Å². The number of hydrogen-bond donors (Lipinski definition) is 0. The number of esters is 1. The molecule has 2 nitrogen and oxygen atoms in total. The van der Waals surface area contributed by atoms with Gasteiger partial charge in [0.1, 0.15) is 0 Å². The third-order valence-electron chi connectivity index (χ3n) is 0.910. The van der Waals surface area contributed by atoms with E-state index in [9.17, 15) is 4.79 Å². The van der Waals surface area contributed by atoms with Gasteiger partial charge in [-0.1, -0.05) is 5.92 Å². The summed E-state index contributed by atoms with van der Waals surface area (Å²) in [6.07, 6.45) is 8.09. The number of carbonyl (C=O) groups is 1. The molecule has 2 heteroatoms. The molecule has 0 rings (SSSR count). The maximum Gasteiger partial charge on any atom is 0.305 e. The normalized spacial score (nSPS) is 8.00. The van der Waals surface area contributed by atoms with Crippen LogP contribution in [0.1, 0.15) is 19.3 Å². The van der Waals surface area contributed by atoms with Crippen molar-refractivity contribution in [1.29, 1.82) is 0 Å². The highest BCUT2D eigenvalue weighted by Gasteiger charge is 1.96. The van der Waals surface area contributed by atoms with Crippen LogP contribution in [0.2, 0.25) is 0 Å². The van der Waals surface area contributed by atoms with Crippen LogP contribution in [0, 0.1) is 12.3 Å². The Hall–Kier alpha value is -0.970. The molecule has 0 aromatic heterocycles. The van der Waals surface area contributed by atoms with Crippen molar-refractivity contribution < 1.29 is 9.53 Å². The molecule has 0 aliphatic rings. The predicted octanol–water partition coefficient (Wildman–Crippen LogP) is 0.919. The van der Waals surface area contributed by atoms with Gasteiger partial charge in [0.15, 0.2) is 0 Å². The van der Waals surface area contributed by atoms with E-state index in [0.717, 1.165) is 0 Å². The van der Waals surface area contributed by atoms with Gasteiger partial charge in [0.25, 0.3) is 0 Å². The van der Waals surface area contributed by atoms with E-state index >= 15 is 0 Å². The summed E-state index contributed by atoms with van der Waals surface area (Å²) in [5.41, 5.74) is 0. The van der Waals surface area contributed by atoms with Crippen LogP contribution < -0.4 is 0 Å². The zero-order chi connectivity index (χ0) is 7.11. The van der Waals surface area contributed by atoms with E-state index in [1.54, 1.807) is 0 Å².